The molecule has 0 N–H and O–H groups in total. The van der Waals surface area contributed by atoms with Crippen LogP contribution in [0.4, 0.5) is 11.4 Å². The second kappa shape index (κ2) is 10.1. The predicted octanol–water partition coefficient (Wildman–Crippen LogP) is 7.69. The van der Waals surface area contributed by atoms with Gasteiger partial charge in [0.25, 0.3) is 23.6 Å². The zero-order chi connectivity index (χ0) is 29.9. The van der Waals surface area contributed by atoms with Gasteiger partial charge in [0.1, 0.15) is 0 Å². The number of benzene rings is 5. The number of imide groups is 2. The van der Waals surface area contributed by atoms with Crippen LogP contribution in [-0.4, -0.2) is 23.6 Å². The molecule has 0 spiro atoms. The van der Waals surface area contributed by atoms with Gasteiger partial charge >= 0.3 is 0 Å². The van der Waals surface area contributed by atoms with Crippen LogP contribution in [0, 0.1) is 0 Å². The molecule has 0 aromatic heterocycles. The Hall–Kier alpha value is -5.36. The van der Waals surface area contributed by atoms with Crippen molar-refractivity contribution in [1.82, 2.24) is 0 Å². The second-order valence-electron chi connectivity index (χ2n) is 11.9. The normalized spacial score (nSPS) is 16.4. The minimum atomic E-state index is -0.480. The van der Waals surface area contributed by atoms with Crippen LogP contribution in [-0.2, 0) is 6.42 Å². The van der Waals surface area contributed by atoms with E-state index in [0.717, 1.165) is 24.8 Å². The number of amides is 4. The van der Waals surface area contributed by atoms with Gasteiger partial charge in [0.2, 0.25) is 0 Å². The molecule has 214 valence electrons. The van der Waals surface area contributed by atoms with E-state index in [1.54, 1.807) is 36.4 Å². The molecule has 1 aliphatic carbocycles. The number of carbonyl (C=O) groups is 4. The Labute approximate surface area is 254 Å². The van der Waals surface area contributed by atoms with Crippen LogP contribution in [0.1, 0.15) is 89.7 Å². The largest absolute Gasteiger partial charge is 0.268 e. The molecular weight excluding hydrogens is 548 g/mol. The molecule has 0 saturated heterocycles. The molecule has 2 heterocycles. The van der Waals surface area contributed by atoms with Crippen molar-refractivity contribution in [2.45, 2.75) is 38.0 Å². The monoisotopic (exact) mass is 576 g/mol. The second-order valence-corrected chi connectivity index (χ2v) is 11.9. The van der Waals surface area contributed by atoms with Crippen LogP contribution in [0.5, 0.6) is 0 Å². The van der Waals surface area contributed by atoms with E-state index in [2.05, 4.69) is 12.1 Å². The molecule has 3 aliphatic rings. The summed E-state index contributed by atoms with van der Waals surface area (Å²) in [4.78, 5) is 57.7. The van der Waals surface area contributed by atoms with Crippen LogP contribution < -0.4 is 9.80 Å². The topological polar surface area (TPSA) is 74.8 Å². The van der Waals surface area contributed by atoms with Gasteiger partial charge in [-0.25, -0.2) is 9.80 Å². The summed E-state index contributed by atoms with van der Waals surface area (Å²) < 4.78 is 0. The van der Waals surface area contributed by atoms with Crippen molar-refractivity contribution in [3.05, 3.63) is 142 Å². The van der Waals surface area contributed by atoms with Crippen molar-refractivity contribution in [3.63, 3.8) is 0 Å². The van der Waals surface area contributed by atoms with Crippen LogP contribution in [0.25, 0.3) is 10.8 Å². The first-order chi connectivity index (χ1) is 21.5. The van der Waals surface area contributed by atoms with Gasteiger partial charge in [-0.05, 0) is 90.4 Å². The van der Waals surface area contributed by atoms with Gasteiger partial charge in [0.05, 0.1) is 11.4 Å². The van der Waals surface area contributed by atoms with Crippen LogP contribution in [0.2, 0.25) is 0 Å². The molecule has 6 heteroatoms. The summed E-state index contributed by atoms with van der Waals surface area (Å²) in [6, 6.07) is 31.6. The molecule has 6 nitrogen and oxygen atoms in total. The molecule has 0 bridgehead atoms. The Balaban J connectivity index is 1.14. The Morgan fingerprint density at radius 3 is 1.34 bits per heavy atom. The number of anilines is 2. The molecule has 1 saturated carbocycles. The van der Waals surface area contributed by atoms with Crippen LogP contribution >= 0.6 is 0 Å². The lowest BCUT2D eigenvalue weighted by Gasteiger charge is -2.32. The number of rotatable bonds is 5. The summed E-state index contributed by atoms with van der Waals surface area (Å²) in [5.41, 5.74) is 5.64. The molecule has 0 radical (unpaired) electrons. The SMILES string of the molecule is O=C1c2ccc3c4c(ccc(c24)C(=O)N1c1ccc(Cc2ccccc2)cc1)C(=O)N(c1ccc(C2CCCC2)cc1)C3=O. The first-order valence-corrected chi connectivity index (χ1v) is 15.1. The highest BCUT2D eigenvalue weighted by Gasteiger charge is 2.40. The number of carbonyl (C=O) groups excluding carboxylic acids is 4. The number of hydrogen-bond acceptors (Lipinski definition) is 4. The molecule has 5 aromatic rings. The van der Waals surface area contributed by atoms with E-state index in [0.29, 0.717) is 50.3 Å². The number of hydrogen-bond donors (Lipinski definition) is 0. The summed E-state index contributed by atoms with van der Waals surface area (Å²) in [5, 5.41) is 0.735. The lowest BCUT2D eigenvalue weighted by atomic mass is 9.85. The third-order valence-electron chi connectivity index (χ3n) is 9.32. The van der Waals surface area contributed by atoms with Crippen molar-refractivity contribution < 1.29 is 19.2 Å². The predicted molar refractivity (Wildman–Crippen MR) is 170 cm³/mol. The summed E-state index contributed by atoms with van der Waals surface area (Å²) >= 11 is 0. The van der Waals surface area contributed by atoms with Gasteiger partial charge in [0.15, 0.2) is 0 Å². The fraction of sp³-hybridized carbons (Fsp3) is 0.158. The molecule has 8 rings (SSSR count). The Kier molecular flexibility index (Phi) is 6.05. The maximum absolute atomic E-state index is 13.8. The molecule has 1 fully saturated rings. The van der Waals surface area contributed by atoms with E-state index in [1.165, 1.54) is 33.8 Å². The van der Waals surface area contributed by atoms with Gasteiger partial charge in [0, 0.05) is 33.0 Å². The zero-order valence-electron chi connectivity index (χ0n) is 24.0. The zero-order valence-corrected chi connectivity index (χ0v) is 24.0. The van der Waals surface area contributed by atoms with Crippen molar-refractivity contribution >= 4 is 45.8 Å². The van der Waals surface area contributed by atoms with Gasteiger partial charge in [-0.1, -0.05) is 67.4 Å². The fourth-order valence-electron chi connectivity index (χ4n) is 7.09. The van der Waals surface area contributed by atoms with E-state index in [1.807, 2.05) is 54.6 Å². The van der Waals surface area contributed by atoms with Gasteiger partial charge in [-0.3, -0.25) is 19.2 Å². The lowest BCUT2D eigenvalue weighted by molar-refractivity contribution is 0.0873. The fourth-order valence-corrected chi connectivity index (χ4v) is 7.09. The quantitative estimate of drug-likeness (QED) is 0.201. The standard InChI is InChI=1S/C38H28N2O4/c41-35-29-18-20-31-34-32(38(44)40(37(31)43)28-16-12-26(13-17-28)25-8-4-5-9-25)21-19-30(33(29)34)36(42)39(35)27-14-10-24(11-15-27)22-23-6-2-1-3-7-23/h1-3,6-7,10-21,25H,4-5,8-9,22H2. The highest BCUT2D eigenvalue weighted by atomic mass is 16.2. The Morgan fingerprint density at radius 2 is 0.886 bits per heavy atom. The highest BCUT2D eigenvalue weighted by Crippen LogP contribution is 2.41. The average Bonchev–Trinajstić information content (AvgIpc) is 3.60. The van der Waals surface area contributed by atoms with Gasteiger partial charge in [-0.2, -0.15) is 0 Å². The lowest BCUT2D eigenvalue weighted by Crippen LogP contribution is -2.43. The van der Waals surface area contributed by atoms with Crippen molar-refractivity contribution in [2.75, 3.05) is 9.80 Å². The molecule has 4 amide bonds. The van der Waals surface area contributed by atoms with Crippen LogP contribution in [0.3, 0.4) is 0 Å². The van der Waals surface area contributed by atoms with Crippen molar-refractivity contribution in [1.29, 1.82) is 0 Å². The van der Waals surface area contributed by atoms with E-state index in [4.69, 9.17) is 0 Å². The number of nitrogens with zero attached hydrogens (tertiary/aromatic N) is 2. The molecular formula is C38H28N2O4. The van der Waals surface area contributed by atoms with E-state index in [-0.39, 0.29) is 0 Å². The Bertz CT molecular complexity index is 1940. The highest BCUT2D eigenvalue weighted by molar-refractivity contribution is 6.42. The van der Waals surface area contributed by atoms with E-state index >= 15 is 0 Å². The summed E-state index contributed by atoms with van der Waals surface area (Å²) in [6.45, 7) is 0. The average molecular weight is 577 g/mol. The summed E-state index contributed by atoms with van der Waals surface area (Å²) in [6.07, 6.45) is 5.51. The molecule has 5 aromatic carbocycles. The van der Waals surface area contributed by atoms with Crippen molar-refractivity contribution in [3.8, 4) is 0 Å². The molecule has 0 atom stereocenters. The molecule has 0 unspecified atom stereocenters. The first kappa shape index (κ1) is 26.3. The maximum atomic E-state index is 13.8. The third-order valence-corrected chi connectivity index (χ3v) is 9.32. The van der Waals surface area contributed by atoms with Gasteiger partial charge in [-0.15, -0.1) is 0 Å². The van der Waals surface area contributed by atoms with E-state index < -0.39 is 23.6 Å². The minimum Gasteiger partial charge on any atom is -0.268 e. The van der Waals surface area contributed by atoms with E-state index in [9.17, 15) is 19.2 Å². The molecule has 2 aliphatic heterocycles. The van der Waals surface area contributed by atoms with Crippen molar-refractivity contribution in [2.24, 2.45) is 0 Å². The van der Waals surface area contributed by atoms with Gasteiger partial charge < -0.3 is 0 Å². The third kappa shape index (κ3) is 4.02. The van der Waals surface area contributed by atoms with Crippen LogP contribution in [0.15, 0.2) is 103 Å². The summed E-state index contributed by atoms with van der Waals surface area (Å²) in [5.74, 6) is -1.36. The smallest absolute Gasteiger partial charge is 0.265 e. The first-order valence-electron chi connectivity index (χ1n) is 15.1. The summed E-state index contributed by atoms with van der Waals surface area (Å²) in [7, 11) is 0. The Morgan fingerprint density at radius 1 is 0.477 bits per heavy atom. The minimum absolute atomic E-state index is 0.295. The molecule has 44 heavy (non-hydrogen) atoms. The maximum Gasteiger partial charge on any atom is 0.265 e.